The molecule has 1 aliphatic rings. The molecule has 0 fully saturated rings. The second kappa shape index (κ2) is 5.69. The Labute approximate surface area is 111 Å². The third kappa shape index (κ3) is 3.22. The van der Waals surface area contributed by atoms with Crippen molar-refractivity contribution in [3.05, 3.63) is 41.5 Å². The third-order valence-electron chi connectivity index (χ3n) is 3.39. The van der Waals surface area contributed by atoms with Crippen LogP contribution < -0.4 is 0 Å². The predicted molar refractivity (Wildman–Crippen MR) is 70.9 cm³/mol. The summed E-state index contributed by atoms with van der Waals surface area (Å²) in [4.78, 5) is 21.3. The van der Waals surface area contributed by atoms with Crippen LogP contribution in [0, 0.1) is 0 Å². The zero-order chi connectivity index (χ0) is 13.8. The minimum atomic E-state index is -0.813. The van der Waals surface area contributed by atoms with E-state index in [4.69, 9.17) is 10.2 Å². The molecule has 1 unspecified atom stereocenters. The first-order chi connectivity index (χ1) is 9.08. The maximum absolute atomic E-state index is 10.7. The molecule has 4 heteroatoms. The van der Waals surface area contributed by atoms with E-state index in [-0.39, 0.29) is 18.8 Å². The molecule has 1 atom stereocenters. The Kier molecular flexibility index (Phi) is 4.00. The van der Waals surface area contributed by atoms with E-state index in [2.05, 4.69) is 0 Å². The van der Waals surface area contributed by atoms with Crippen LogP contribution in [0.3, 0.4) is 0 Å². The summed E-state index contributed by atoms with van der Waals surface area (Å²) in [5.74, 6) is -1.52. The summed E-state index contributed by atoms with van der Waals surface area (Å²) in [5, 5.41) is 17.5. The van der Waals surface area contributed by atoms with Crippen molar-refractivity contribution in [1.29, 1.82) is 0 Å². The maximum atomic E-state index is 10.7. The Morgan fingerprint density at radius 1 is 1.05 bits per heavy atom. The molecule has 1 aliphatic carbocycles. The molecule has 1 aromatic carbocycles. The first-order valence-electron chi connectivity index (χ1n) is 6.31. The Morgan fingerprint density at radius 2 is 1.74 bits per heavy atom. The highest BCUT2D eigenvalue weighted by Crippen LogP contribution is 2.40. The summed E-state index contributed by atoms with van der Waals surface area (Å²) in [6.07, 6.45) is 3.31. The van der Waals surface area contributed by atoms with Crippen molar-refractivity contribution in [3.63, 3.8) is 0 Å². The molecule has 19 heavy (non-hydrogen) atoms. The summed E-state index contributed by atoms with van der Waals surface area (Å²) in [5.41, 5.74) is 3.21. The Balaban J connectivity index is 2.16. The second-order valence-corrected chi connectivity index (χ2v) is 4.71. The van der Waals surface area contributed by atoms with Gasteiger partial charge in [0.15, 0.2) is 0 Å². The lowest BCUT2D eigenvalue weighted by molar-refractivity contribution is -0.138. The topological polar surface area (TPSA) is 74.6 Å². The molecule has 0 saturated heterocycles. The van der Waals surface area contributed by atoms with Gasteiger partial charge in [-0.3, -0.25) is 9.59 Å². The molecule has 0 aromatic heterocycles. The van der Waals surface area contributed by atoms with Crippen LogP contribution in [0.5, 0.6) is 0 Å². The molecule has 0 heterocycles. The highest BCUT2D eigenvalue weighted by molar-refractivity contribution is 5.78. The van der Waals surface area contributed by atoms with Gasteiger partial charge in [-0.2, -0.15) is 0 Å². The smallest absolute Gasteiger partial charge is 0.303 e. The fourth-order valence-corrected chi connectivity index (χ4v) is 2.51. The van der Waals surface area contributed by atoms with E-state index in [0.29, 0.717) is 12.8 Å². The molecule has 1 aromatic rings. The van der Waals surface area contributed by atoms with Gasteiger partial charge in [0.25, 0.3) is 0 Å². The number of aliphatic carboxylic acids is 2. The van der Waals surface area contributed by atoms with Crippen molar-refractivity contribution in [3.8, 4) is 0 Å². The van der Waals surface area contributed by atoms with Crippen molar-refractivity contribution in [2.24, 2.45) is 0 Å². The van der Waals surface area contributed by atoms with E-state index < -0.39 is 11.9 Å². The third-order valence-corrected chi connectivity index (χ3v) is 3.39. The van der Waals surface area contributed by atoms with Gasteiger partial charge in [0.1, 0.15) is 0 Å². The van der Waals surface area contributed by atoms with E-state index in [1.54, 1.807) is 0 Å². The van der Waals surface area contributed by atoms with E-state index in [0.717, 1.165) is 16.7 Å². The molecule has 0 bridgehead atoms. The molecular weight excluding hydrogens is 244 g/mol. The van der Waals surface area contributed by atoms with Crippen molar-refractivity contribution in [1.82, 2.24) is 0 Å². The van der Waals surface area contributed by atoms with Gasteiger partial charge in [-0.05, 0) is 29.5 Å². The normalized spacial score (nSPS) is 16.8. The highest BCUT2D eigenvalue weighted by Gasteiger charge is 2.23. The number of carboxylic acids is 2. The molecular formula is C15H16O4. The van der Waals surface area contributed by atoms with Crippen LogP contribution >= 0.6 is 0 Å². The average Bonchev–Trinajstić information content (AvgIpc) is 2.72. The van der Waals surface area contributed by atoms with Gasteiger partial charge in [0, 0.05) is 18.8 Å². The summed E-state index contributed by atoms with van der Waals surface area (Å²) in [7, 11) is 0. The van der Waals surface area contributed by atoms with Crippen LogP contribution in [-0.4, -0.2) is 22.2 Å². The predicted octanol–water partition coefficient (Wildman–Crippen LogP) is 2.90. The molecule has 0 amide bonds. The van der Waals surface area contributed by atoms with Crippen LogP contribution in [0.15, 0.2) is 30.3 Å². The second-order valence-electron chi connectivity index (χ2n) is 4.71. The van der Waals surface area contributed by atoms with Crippen LogP contribution in [0.1, 0.15) is 42.7 Å². The SMILES string of the molecule is O=C(O)CCC1=CC(CCC(=O)O)c2ccccc21. The van der Waals surface area contributed by atoms with Crippen LogP contribution in [0.25, 0.3) is 5.57 Å². The molecule has 0 aliphatic heterocycles. The van der Waals surface area contributed by atoms with Gasteiger partial charge in [-0.25, -0.2) is 0 Å². The number of carbonyl (C=O) groups is 2. The fourth-order valence-electron chi connectivity index (χ4n) is 2.51. The van der Waals surface area contributed by atoms with Crippen molar-refractivity contribution in [2.75, 3.05) is 0 Å². The Bertz CT molecular complexity index is 531. The standard InChI is InChI=1S/C15H16O4/c16-14(17)7-5-10-9-11(6-8-15(18)19)13-4-2-1-3-12(10)13/h1-4,9-10H,5-8H2,(H,16,17)(H,18,19). The molecule has 0 radical (unpaired) electrons. The minimum Gasteiger partial charge on any atom is -0.481 e. The summed E-state index contributed by atoms with van der Waals surface area (Å²) < 4.78 is 0. The van der Waals surface area contributed by atoms with Gasteiger partial charge < -0.3 is 10.2 Å². The summed E-state index contributed by atoms with van der Waals surface area (Å²) in [6, 6.07) is 7.82. The summed E-state index contributed by atoms with van der Waals surface area (Å²) in [6.45, 7) is 0. The maximum Gasteiger partial charge on any atom is 0.303 e. The van der Waals surface area contributed by atoms with Crippen LogP contribution in [-0.2, 0) is 9.59 Å². The zero-order valence-corrected chi connectivity index (χ0v) is 10.5. The average molecular weight is 260 g/mol. The summed E-state index contributed by atoms with van der Waals surface area (Å²) >= 11 is 0. The number of fused-ring (bicyclic) bond motifs is 1. The largest absolute Gasteiger partial charge is 0.481 e. The number of allylic oxidation sites excluding steroid dienone is 2. The van der Waals surface area contributed by atoms with Crippen LogP contribution in [0.4, 0.5) is 0 Å². The first kappa shape index (κ1) is 13.3. The molecule has 0 saturated carbocycles. The molecule has 100 valence electrons. The molecule has 2 N–H and O–H groups in total. The molecule has 4 nitrogen and oxygen atoms in total. The van der Waals surface area contributed by atoms with Gasteiger partial charge in [0.05, 0.1) is 0 Å². The number of hydrogen-bond donors (Lipinski definition) is 2. The monoisotopic (exact) mass is 260 g/mol. The van der Waals surface area contributed by atoms with Crippen LogP contribution in [0.2, 0.25) is 0 Å². The highest BCUT2D eigenvalue weighted by atomic mass is 16.4. The zero-order valence-electron chi connectivity index (χ0n) is 10.5. The number of rotatable bonds is 6. The van der Waals surface area contributed by atoms with E-state index in [1.165, 1.54) is 0 Å². The number of hydrogen-bond acceptors (Lipinski definition) is 2. The fraction of sp³-hybridized carbons (Fsp3) is 0.333. The quantitative estimate of drug-likeness (QED) is 0.824. The van der Waals surface area contributed by atoms with Crippen molar-refractivity contribution < 1.29 is 19.8 Å². The van der Waals surface area contributed by atoms with E-state index in [1.807, 2.05) is 30.3 Å². The van der Waals surface area contributed by atoms with Gasteiger partial charge >= 0.3 is 11.9 Å². The van der Waals surface area contributed by atoms with Crippen molar-refractivity contribution in [2.45, 2.75) is 31.6 Å². The lowest BCUT2D eigenvalue weighted by Gasteiger charge is -2.08. The number of benzene rings is 1. The van der Waals surface area contributed by atoms with Gasteiger partial charge in [-0.1, -0.05) is 30.3 Å². The van der Waals surface area contributed by atoms with Gasteiger partial charge in [-0.15, -0.1) is 0 Å². The Hall–Kier alpha value is -2.10. The molecule has 2 rings (SSSR count). The van der Waals surface area contributed by atoms with Crippen molar-refractivity contribution >= 4 is 17.5 Å². The Morgan fingerprint density at radius 3 is 2.42 bits per heavy atom. The number of carboxylic acid groups (broad SMARTS) is 2. The van der Waals surface area contributed by atoms with Gasteiger partial charge in [0.2, 0.25) is 0 Å². The minimum absolute atomic E-state index is 0.0936. The first-order valence-corrected chi connectivity index (χ1v) is 6.31. The lowest BCUT2D eigenvalue weighted by Crippen LogP contribution is -1.99. The van der Waals surface area contributed by atoms with E-state index >= 15 is 0 Å². The molecule has 0 spiro atoms. The van der Waals surface area contributed by atoms with E-state index in [9.17, 15) is 9.59 Å². The lowest BCUT2D eigenvalue weighted by atomic mass is 9.96.